The molecule has 1 aromatic heterocycles. The van der Waals surface area contributed by atoms with Crippen LogP contribution in [0.25, 0.3) is 0 Å². The molecule has 0 bridgehead atoms. The molecule has 0 aromatic carbocycles. The number of rotatable bonds is 3. The second-order valence-electron chi connectivity index (χ2n) is 3.49. The third-order valence-corrected chi connectivity index (χ3v) is 3.81. The van der Waals surface area contributed by atoms with Gasteiger partial charge < -0.3 is 14.8 Å². The lowest BCUT2D eigenvalue weighted by Gasteiger charge is -2.17. The number of carbonyl (C=O) groups is 1. The highest BCUT2D eigenvalue weighted by molar-refractivity contribution is 7.12. The van der Waals surface area contributed by atoms with Gasteiger partial charge in [0.2, 0.25) is 0 Å². The van der Waals surface area contributed by atoms with E-state index in [9.17, 15) is 4.79 Å². The zero-order valence-corrected chi connectivity index (χ0v) is 10.3. The zero-order valence-electron chi connectivity index (χ0n) is 8.73. The fraction of sp³-hybridized carbons (Fsp3) is 0.500. The molecule has 2 rings (SSSR count). The van der Waals surface area contributed by atoms with E-state index in [2.05, 4.69) is 5.32 Å². The van der Waals surface area contributed by atoms with Crippen LogP contribution in [0.3, 0.4) is 0 Å². The maximum Gasteiger partial charge on any atom is 0.263 e. The van der Waals surface area contributed by atoms with E-state index in [0.29, 0.717) is 23.1 Å². The molecule has 6 heteroatoms. The van der Waals surface area contributed by atoms with E-state index < -0.39 is 0 Å². The van der Waals surface area contributed by atoms with E-state index in [0.717, 1.165) is 0 Å². The number of methoxy groups -OCH3 is 1. The van der Waals surface area contributed by atoms with Gasteiger partial charge >= 0.3 is 0 Å². The molecule has 0 aliphatic carbocycles. The van der Waals surface area contributed by atoms with Crippen LogP contribution in [0.2, 0.25) is 5.02 Å². The van der Waals surface area contributed by atoms with Gasteiger partial charge in [0.1, 0.15) is 11.0 Å². The summed E-state index contributed by atoms with van der Waals surface area (Å²) in [6.07, 6.45) is -0.0808. The van der Waals surface area contributed by atoms with Crippen LogP contribution in [0, 0.1) is 0 Å². The Hall–Kier alpha value is -0.620. The summed E-state index contributed by atoms with van der Waals surface area (Å²) in [5.41, 5.74) is 0. The summed E-state index contributed by atoms with van der Waals surface area (Å²) in [7, 11) is 1.61. The molecule has 1 aliphatic rings. The highest BCUT2D eigenvalue weighted by atomic mass is 35.5. The molecule has 1 aliphatic heterocycles. The third kappa shape index (κ3) is 2.38. The van der Waals surface area contributed by atoms with Crippen LogP contribution in [0.1, 0.15) is 9.67 Å². The summed E-state index contributed by atoms with van der Waals surface area (Å²) in [5, 5.41) is 5.13. The van der Waals surface area contributed by atoms with Crippen LogP contribution in [0.4, 0.5) is 0 Å². The summed E-state index contributed by atoms with van der Waals surface area (Å²) >= 11 is 7.20. The first-order valence-electron chi connectivity index (χ1n) is 4.86. The molecule has 2 atom stereocenters. The van der Waals surface area contributed by atoms with Crippen LogP contribution >= 0.6 is 22.9 Å². The van der Waals surface area contributed by atoms with Gasteiger partial charge in [-0.05, 0) is 11.4 Å². The average molecular weight is 262 g/mol. The molecule has 1 amide bonds. The summed E-state index contributed by atoms with van der Waals surface area (Å²) in [5.74, 6) is -0.169. The Labute approximate surface area is 102 Å². The SMILES string of the molecule is CO[C@H]1COC[C@@H]1NC(=O)c1sccc1Cl. The van der Waals surface area contributed by atoms with Gasteiger partial charge in [0, 0.05) is 7.11 Å². The monoisotopic (exact) mass is 261 g/mol. The molecule has 2 heterocycles. The quantitative estimate of drug-likeness (QED) is 0.898. The predicted octanol–water partition coefficient (Wildman–Crippen LogP) is 1.55. The van der Waals surface area contributed by atoms with E-state index in [-0.39, 0.29) is 18.1 Å². The first kappa shape index (κ1) is 11.9. The molecular formula is C10H12ClNO3S. The Morgan fingerprint density at radius 2 is 2.50 bits per heavy atom. The van der Waals surface area contributed by atoms with E-state index in [1.807, 2.05) is 0 Å². The number of carbonyl (C=O) groups excluding carboxylic acids is 1. The van der Waals surface area contributed by atoms with Gasteiger partial charge in [-0.3, -0.25) is 4.79 Å². The lowest BCUT2D eigenvalue weighted by molar-refractivity contribution is 0.0687. The van der Waals surface area contributed by atoms with Gasteiger partial charge in [-0.2, -0.15) is 0 Å². The summed E-state index contributed by atoms with van der Waals surface area (Å²) in [6, 6.07) is 1.61. The Morgan fingerprint density at radius 3 is 3.12 bits per heavy atom. The fourth-order valence-corrected chi connectivity index (χ4v) is 2.64. The van der Waals surface area contributed by atoms with Crippen LogP contribution in [-0.4, -0.2) is 38.4 Å². The summed E-state index contributed by atoms with van der Waals surface area (Å²) < 4.78 is 10.4. The van der Waals surface area contributed by atoms with Crippen molar-refractivity contribution in [2.75, 3.05) is 20.3 Å². The van der Waals surface area contributed by atoms with Crippen LogP contribution in [-0.2, 0) is 9.47 Å². The maximum absolute atomic E-state index is 11.8. The van der Waals surface area contributed by atoms with Crippen molar-refractivity contribution in [3.05, 3.63) is 21.3 Å². The van der Waals surface area contributed by atoms with E-state index >= 15 is 0 Å². The minimum absolute atomic E-state index is 0.0808. The van der Waals surface area contributed by atoms with Crippen molar-refractivity contribution < 1.29 is 14.3 Å². The number of hydrogen-bond acceptors (Lipinski definition) is 4. The molecule has 1 aromatic rings. The molecule has 1 N–H and O–H groups in total. The van der Waals surface area contributed by atoms with Crippen molar-refractivity contribution in [1.29, 1.82) is 0 Å². The molecule has 0 unspecified atom stereocenters. The minimum Gasteiger partial charge on any atom is -0.377 e. The Morgan fingerprint density at radius 1 is 1.69 bits per heavy atom. The lowest BCUT2D eigenvalue weighted by atomic mass is 10.2. The highest BCUT2D eigenvalue weighted by Crippen LogP contribution is 2.22. The predicted molar refractivity (Wildman–Crippen MR) is 62.2 cm³/mol. The molecular weight excluding hydrogens is 250 g/mol. The zero-order chi connectivity index (χ0) is 11.5. The standard InChI is InChI=1S/C10H12ClNO3S/c1-14-8-5-15-4-7(8)12-10(13)9-6(11)2-3-16-9/h2-3,7-8H,4-5H2,1H3,(H,12,13)/t7-,8-/m0/s1. The number of thiophene rings is 1. The van der Waals surface area contributed by atoms with Crippen LogP contribution < -0.4 is 5.32 Å². The van der Waals surface area contributed by atoms with Gasteiger partial charge in [-0.15, -0.1) is 11.3 Å². The van der Waals surface area contributed by atoms with Crippen LogP contribution in [0.15, 0.2) is 11.4 Å². The van der Waals surface area contributed by atoms with Crippen molar-refractivity contribution in [2.24, 2.45) is 0 Å². The summed E-state index contributed by atoms with van der Waals surface area (Å²) in [4.78, 5) is 12.4. The van der Waals surface area contributed by atoms with Gasteiger partial charge in [-0.25, -0.2) is 0 Å². The minimum atomic E-state index is -0.169. The molecule has 0 saturated carbocycles. The molecule has 4 nitrogen and oxygen atoms in total. The number of amides is 1. The Balaban J connectivity index is 2.00. The topological polar surface area (TPSA) is 47.6 Å². The van der Waals surface area contributed by atoms with E-state index in [1.54, 1.807) is 18.6 Å². The van der Waals surface area contributed by atoms with Gasteiger partial charge in [-0.1, -0.05) is 11.6 Å². The molecule has 1 saturated heterocycles. The van der Waals surface area contributed by atoms with Gasteiger partial charge in [0.15, 0.2) is 0 Å². The molecule has 0 spiro atoms. The number of nitrogens with one attached hydrogen (secondary N) is 1. The van der Waals surface area contributed by atoms with E-state index in [4.69, 9.17) is 21.1 Å². The lowest BCUT2D eigenvalue weighted by Crippen LogP contribution is -2.43. The van der Waals surface area contributed by atoms with Gasteiger partial charge in [0.25, 0.3) is 5.91 Å². The first-order valence-corrected chi connectivity index (χ1v) is 6.12. The van der Waals surface area contributed by atoms with Crippen molar-refractivity contribution in [1.82, 2.24) is 5.32 Å². The molecule has 0 radical (unpaired) electrons. The Kier molecular flexibility index (Phi) is 3.81. The number of hydrogen-bond donors (Lipinski definition) is 1. The first-order chi connectivity index (χ1) is 7.72. The second kappa shape index (κ2) is 5.14. The smallest absolute Gasteiger partial charge is 0.263 e. The summed E-state index contributed by atoms with van der Waals surface area (Å²) in [6.45, 7) is 0.993. The number of halogens is 1. The highest BCUT2D eigenvalue weighted by Gasteiger charge is 2.30. The molecule has 88 valence electrons. The largest absolute Gasteiger partial charge is 0.377 e. The van der Waals surface area contributed by atoms with Crippen molar-refractivity contribution in [3.63, 3.8) is 0 Å². The maximum atomic E-state index is 11.8. The molecule has 1 fully saturated rings. The second-order valence-corrected chi connectivity index (χ2v) is 4.81. The van der Waals surface area contributed by atoms with Crippen molar-refractivity contribution in [3.8, 4) is 0 Å². The fourth-order valence-electron chi connectivity index (χ4n) is 1.59. The Bertz CT molecular complexity index is 382. The van der Waals surface area contributed by atoms with Gasteiger partial charge in [0.05, 0.1) is 24.3 Å². The number of ether oxygens (including phenoxy) is 2. The third-order valence-electron chi connectivity index (χ3n) is 2.47. The van der Waals surface area contributed by atoms with E-state index in [1.165, 1.54) is 11.3 Å². The normalized spacial score (nSPS) is 24.6. The van der Waals surface area contributed by atoms with Crippen LogP contribution in [0.5, 0.6) is 0 Å². The average Bonchev–Trinajstić information content (AvgIpc) is 2.86. The molecule has 16 heavy (non-hydrogen) atoms. The van der Waals surface area contributed by atoms with Crippen molar-refractivity contribution in [2.45, 2.75) is 12.1 Å². The van der Waals surface area contributed by atoms with Crippen molar-refractivity contribution >= 4 is 28.8 Å².